The molecule has 2 N–H and O–H groups in total. The number of thioether (sulfide) groups is 1. The summed E-state index contributed by atoms with van der Waals surface area (Å²) < 4.78 is 5.22. The molecule has 3 atom stereocenters. The largest absolute Gasteiger partial charge is 0.444 e. The van der Waals surface area contributed by atoms with E-state index >= 15 is 0 Å². The van der Waals surface area contributed by atoms with Crippen LogP contribution in [0.4, 0.5) is 4.79 Å². The summed E-state index contributed by atoms with van der Waals surface area (Å²) in [5.74, 6) is -0.225. The summed E-state index contributed by atoms with van der Waals surface area (Å²) in [7, 11) is 0. The number of hydrogen-bond acceptors (Lipinski definition) is 6. The molecule has 0 aromatic heterocycles. The molecule has 0 aliphatic carbocycles. The number of carbonyl (C=O) groups is 4. The number of rotatable bonds is 9. The zero-order valence-electron chi connectivity index (χ0n) is 21.1. The number of nitrogens with one attached hydrogen (secondary N) is 2. The normalized spacial score (nSPS) is 17.4. The summed E-state index contributed by atoms with van der Waals surface area (Å²) in [6, 6.07) is 5.12. The van der Waals surface area contributed by atoms with Crippen LogP contribution in [0.15, 0.2) is 24.3 Å². The van der Waals surface area contributed by atoms with Gasteiger partial charge in [-0.2, -0.15) is 0 Å². The summed E-state index contributed by atoms with van der Waals surface area (Å²) in [5, 5.41) is 5.91. The van der Waals surface area contributed by atoms with Gasteiger partial charge in [0.2, 0.25) is 16.9 Å². The number of amides is 3. The molecular weight excluding hydrogens is 490 g/mol. The lowest BCUT2D eigenvalue weighted by molar-refractivity contribution is -0.140. The number of carbonyl (C=O) groups excluding carboxylic acids is 4. The van der Waals surface area contributed by atoms with Crippen LogP contribution in [0.1, 0.15) is 65.9 Å². The first-order valence-electron chi connectivity index (χ1n) is 11.9. The zero-order chi connectivity index (χ0) is 26.2. The Balaban J connectivity index is 1.96. The molecule has 0 saturated carbocycles. The Morgan fingerprint density at radius 1 is 1.17 bits per heavy atom. The van der Waals surface area contributed by atoms with Crippen LogP contribution in [-0.2, 0) is 24.9 Å². The van der Waals surface area contributed by atoms with Crippen molar-refractivity contribution in [1.29, 1.82) is 0 Å². The Hall–Kier alpha value is -2.26. The molecule has 0 unspecified atom stereocenters. The van der Waals surface area contributed by atoms with Crippen molar-refractivity contribution in [3.8, 4) is 0 Å². The van der Waals surface area contributed by atoms with E-state index in [2.05, 4.69) is 10.6 Å². The number of likely N-dealkylation sites (tertiary alicyclic amines) is 1. The number of benzene rings is 1. The van der Waals surface area contributed by atoms with Gasteiger partial charge in [-0.05, 0) is 64.7 Å². The van der Waals surface area contributed by atoms with Gasteiger partial charge in [0.25, 0.3) is 0 Å². The molecule has 3 amide bonds. The predicted octanol–water partition coefficient (Wildman–Crippen LogP) is 4.29. The summed E-state index contributed by atoms with van der Waals surface area (Å²) >= 11 is 7.07. The molecule has 1 fully saturated rings. The van der Waals surface area contributed by atoms with Gasteiger partial charge in [-0.25, -0.2) is 4.79 Å². The van der Waals surface area contributed by atoms with Crippen molar-refractivity contribution in [2.75, 3.05) is 6.54 Å². The molecule has 8 nitrogen and oxygen atoms in total. The number of ether oxygens (including phenoxy) is 1. The first-order valence-corrected chi connectivity index (χ1v) is 13.3. The van der Waals surface area contributed by atoms with E-state index in [-0.39, 0.29) is 16.9 Å². The van der Waals surface area contributed by atoms with Gasteiger partial charge < -0.3 is 20.3 Å². The topological polar surface area (TPSA) is 105 Å². The van der Waals surface area contributed by atoms with Crippen molar-refractivity contribution in [2.24, 2.45) is 0 Å². The van der Waals surface area contributed by atoms with Gasteiger partial charge in [0.15, 0.2) is 0 Å². The van der Waals surface area contributed by atoms with E-state index in [0.29, 0.717) is 36.6 Å². The third-order valence-electron chi connectivity index (χ3n) is 5.41. The lowest BCUT2D eigenvalue weighted by Crippen LogP contribution is -2.54. The molecule has 1 heterocycles. The highest BCUT2D eigenvalue weighted by Crippen LogP contribution is 2.22. The minimum Gasteiger partial charge on any atom is -0.444 e. The summed E-state index contributed by atoms with van der Waals surface area (Å²) in [5.41, 5.74) is 0.281. The second-order valence-corrected chi connectivity index (χ2v) is 11.1. The van der Waals surface area contributed by atoms with E-state index in [1.807, 2.05) is 19.1 Å². The Bertz CT molecular complexity index is 903. The van der Waals surface area contributed by atoms with Gasteiger partial charge in [0.1, 0.15) is 17.7 Å². The smallest absolute Gasteiger partial charge is 0.408 e. The van der Waals surface area contributed by atoms with Crippen LogP contribution in [0.3, 0.4) is 0 Å². The fraction of sp³-hybridized carbons (Fsp3) is 0.600. The van der Waals surface area contributed by atoms with Crippen molar-refractivity contribution in [2.45, 2.75) is 89.8 Å². The first kappa shape index (κ1) is 29.0. The minimum atomic E-state index is -0.846. The van der Waals surface area contributed by atoms with Crippen LogP contribution in [0, 0.1) is 0 Å². The quantitative estimate of drug-likeness (QED) is 0.498. The summed E-state index contributed by atoms with van der Waals surface area (Å²) in [4.78, 5) is 52.5. The molecule has 1 aliphatic heterocycles. The highest BCUT2D eigenvalue weighted by molar-refractivity contribution is 8.13. The molecule has 10 heteroatoms. The van der Waals surface area contributed by atoms with E-state index in [0.717, 1.165) is 23.7 Å². The SMILES string of the molecule is CCC[C@H](NC(=O)[C@@H]1CCCN1C(=O)[C@H](C)NC(=O)OC(C)(C)C)C(=O)SCc1ccc(Cl)cc1. The maximum atomic E-state index is 13.1. The van der Waals surface area contributed by atoms with Crippen LogP contribution < -0.4 is 10.6 Å². The Morgan fingerprint density at radius 2 is 1.83 bits per heavy atom. The fourth-order valence-corrected chi connectivity index (χ4v) is 4.74. The van der Waals surface area contributed by atoms with Crippen molar-refractivity contribution in [1.82, 2.24) is 15.5 Å². The fourth-order valence-electron chi connectivity index (χ4n) is 3.74. The molecule has 1 aromatic rings. The zero-order valence-corrected chi connectivity index (χ0v) is 22.6. The molecule has 35 heavy (non-hydrogen) atoms. The van der Waals surface area contributed by atoms with Gasteiger partial charge in [0, 0.05) is 17.3 Å². The average Bonchev–Trinajstić information content (AvgIpc) is 3.26. The summed E-state index contributed by atoms with van der Waals surface area (Å²) in [6.45, 7) is 9.14. The highest BCUT2D eigenvalue weighted by atomic mass is 35.5. The molecule has 2 rings (SSSR count). The maximum Gasteiger partial charge on any atom is 0.408 e. The minimum absolute atomic E-state index is 0.119. The lowest BCUT2D eigenvalue weighted by atomic mass is 10.1. The van der Waals surface area contributed by atoms with Gasteiger partial charge in [-0.3, -0.25) is 14.4 Å². The summed E-state index contributed by atoms with van der Waals surface area (Å²) in [6.07, 6.45) is 1.71. The molecular formula is C25H36ClN3O5S. The Kier molecular flexibility index (Phi) is 10.9. The first-order chi connectivity index (χ1) is 16.4. The van der Waals surface area contributed by atoms with E-state index < -0.39 is 29.8 Å². The average molecular weight is 526 g/mol. The van der Waals surface area contributed by atoms with Gasteiger partial charge >= 0.3 is 6.09 Å². The monoisotopic (exact) mass is 525 g/mol. The molecule has 1 aliphatic rings. The number of halogens is 1. The number of alkyl carbamates (subject to hydrolysis) is 1. The van der Waals surface area contributed by atoms with Crippen LogP contribution in [0.25, 0.3) is 0 Å². The third kappa shape index (κ3) is 9.37. The van der Waals surface area contributed by atoms with Crippen LogP contribution in [0.5, 0.6) is 0 Å². The lowest BCUT2D eigenvalue weighted by Gasteiger charge is -2.29. The van der Waals surface area contributed by atoms with E-state index in [1.165, 1.54) is 4.90 Å². The van der Waals surface area contributed by atoms with E-state index in [4.69, 9.17) is 16.3 Å². The number of hydrogen-bond donors (Lipinski definition) is 2. The van der Waals surface area contributed by atoms with Gasteiger partial charge in [0.05, 0.1) is 6.04 Å². The Morgan fingerprint density at radius 3 is 2.43 bits per heavy atom. The highest BCUT2D eigenvalue weighted by Gasteiger charge is 2.38. The molecule has 194 valence electrons. The second-order valence-electron chi connectivity index (χ2n) is 9.64. The van der Waals surface area contributed by atoms with Crippen LogP contribution >= 0.6 is 23.4 Å². The molecule has 0 radical (unpaired) electrons. The van der Waals surface area contributed by atoms with Crippen LogP contribution in [-0.4, -0.2) is 58.2 Å². The van der Waals surface area contributed by atoms with Crippen molar-refractivity contribution in [3.63, 3.8) is 0 Å². The standard InChI is InChI=1S/C25H36ClN3O5S/c1-6-8-19(23(32)35-15-17-10-12-18(26)13-11-17)28-21(30)20-9-7-14-29(20)22(31)16(2)27-24(33)34-25(3,4)5/h10-13,16,19-20H,6-9,14-15H2,1-5H3,(H,27,33)(H,28,30)/t16-,19-,20-/m0/s1. The molecule has 0 bridgehead atoms. The molecule has 1 aromatic carbocycles. The second kappa shape index (κ2) is 13.2. The van der Waals surface area contributed by atoms with Crippen molar-refractivity contribution < 1.29 is 23.9 Å². The Labute approximate surface area is 216 Å². The number of nitrogens with zero attached hydrogens (tertiary/aromatic N) is 1. The maximum absolute atomic E-state index is 13.1. The van der Waals surface area contributed by atoms with E-state index in [9.17, 15) is 19.2 Å². The van der Waals surface area contributed by atoms with Crippen molar-refractivity contribution in [3.05, 3.63) is 34.9 Å². The molecule has 0 spiro atoms. The molecule has 1 saturated heterocycles. The van der Waals surface area contributed by atoms with Crippen molar-refractivity contribution >= 4 is 46.4 Å². The third-order valence-corrected chi connectivity index (χ3v) is 6.71. The van der Waals surface area contributed by atoms with Gasteiger partial charge in [-0.1, -0.05) is 48.8 Å². The van der Waals surface area contributed by atoms with Gasteiger partial charge in [-0.15, -0.1) is 0 Å². The van der Waals surface area contributed by atoms with E-state index in [1.54, 1.807) is 39.8 Å². The predicted molar refractivity (Wildman–Crippen MR) is 138 cm³/mol. The van der Waals surface area contributed by atoms with Crippen LogP contribution in [0.2, 0.25) is 5.02 Å².